The summed E-state index contributed by atoms with van der Waals surface area (Å²) in [5.41, 5.74) is 4.71. The average molecular weight is 287 g/mol. The molecule has 2 N–H and O–H groups in total. The van der Waals surface area contributed by atoms with Gasteiger partial charge < -0.3 is 15.4 Å². The van der Waals surface area contributed by atoms with Gasteiger partial charge in [-0.2, -0.15) is 0 Å². The molecule has 0 spiro atoms. The topological polar surface area (TPSA) is 58.8 Å². The van der Waals surface area contributed by atoms with Crippen molar-refractivity contribution in [2.75, 3.05) is 33.3 Å². The van der Waals surface area contributed by atoms with E-state index in [1.54, 1.807) is 21.0 Å². The lowest BCUT2D eigenvalue weighted by Gasteiger charge is -2.44. The van der Waals surface area contributed by atoms with Crippen LogP contribution >= 0.6 is 12.2 Å². The number of piperazine rings is 1. The van der Waals surface area contributed by atoms with Crippen LogP contribution in [0.25, 0.3) is 0 Å². The van der Waals surface area contributed by atoms with Gasteiger partial charge in [0.05, 0.1) is 10.5 Å². The number of rotatable bonds is 4. The summed E-state index contributed by atoms with van der Waals surface area (Å²) in [7, 11) is 1.56. The first-order valence-electron chi connectivity index (χ1n) is 6.52. The number of thiocarbonyl (C=S) groups is 1. The van der Waals surface area contributed by atoms with E-state index >= 15 is 0 Å². The highest BCUT2D eigenvalue weighted by molar-refractivity contribution is 7.80. The maximum absolute atomic E-state index is 12.3. The van der Waals surface area contributed by atoms with E-state index in [0.29, 0.717) is 18.1 Å². The van der Waals surface area contributed by atoms with Crippen molar-refractivity contribution >= 4 is 23.1 Å². The lowest BCUT2D eigenvalue weighted by molar-refractivity contribution is -0.153. The molecule has 0 aliphatic carbocycles. The number of methoxy groups -OCH3 is 1. The van der Waals surface area contributed by atoms with Gasteiger partial charge in [-0.25, -0.2) is 0 Å². The highest BCUT2D eigenvalue weighted by Crippen LogP contribution is 2.20. The van der Waals surface area contributed by atoms with Gasteiger partial charge in [-0.05, 0) is 27.7 Å². The molecule has 0 atom stereocenters. The van der Waals surface area contributed by atoms with Crippen molar-refractivity contribution in [2.24, 2.45) is 5.73 Å². The molecule has 0 unspecified atom stereocenters. The molecule has 110 valence electrons. The molecular weight excluding hydrogens is 262 g/mol. The second kappa shape index (κ2) is 5.73. The van der Waals surface area contributed by atoms with Crippen LogP contribution in [0.15, 0.2) is 0 Å². The molecule has 1 heterocycles. The van der Waals surface area contributed by atoms with E-state index in [9.17, 15) is 4.79 Å². The molecule has 0 aromatic heterocycles. The summed E-state index contributed by atoms with van der Waals surface area (Å²) in [4.78, 5) is 16.8. The molecule has 1 aliphatic rings. The molecule has 1 amide bonds. The number of carbonyl (C=O) groups excluding carboxylic acids is 1. The third-order valence-electron chi connectivity index (χ3n) is 3.99. The molecule has 0 radical (unpaired) electrons. The third-order valence-corrected chi connectivity index (χ3v) is 4.49. The second-order valence-corrected chi connectivity index (χ2v) is 6.36. The normalized spacial score (nSPS) is 18.5. The van der Waals surface area contributed by atoms with E-state index < -0.39 is 5.60 Å². The predicted molar refractivity (Wildman–Crippen MR) is 80.1 cm³/mol. The Labute approximate surface area is 121 Å². The number of nitrogens with zero attached hydrogens (tertiary/aromatic N) is 2. The first-order chi connectivity index (χ1) is 8.63. The van der Waals surface area contributed by atoms with Crippen LogP contribution in [-0.2, 0) is 9.53 Å². The van der Waals surface area contributed by atoms with E-state index in [0.717, 1.165) is 13.1 Å². The highest BCUT2D eigenvalue weighted by atomic mass is 32.1. The first kappa shape index (κ1) is 16.3. The summed E-state index contributed by atoms with van der Waals surface area (Å²) in [6.07, 6.45) is 0. The Morgan fingerprint density at radius 3 is 2.00 bits per heavy atom. The number of ether oxygens (including phenoxy) is 1. The fourth-order valence-electron chi connectivity index (χ4n) is 2.09. The minimum Gasteiger partial charge on any atom is -0.392 e. The monoisotopic (exact) mass is 287 g/mol. The van der Waals surface area contributed by atoms with Gasteiger partial charge in [0.1, 0.15) is 5.60 Å². The van der Waals surface area contributed by atoms with Gasteiger partial charge >= 0.3 is 0 Å². The van der Waals surface area contributed by atoms with Crippen molar-refractivity contribution < 1.29 is 9.53 Å². The van der Waals surface area contributed by atoms with Gasteiger partial charge in [0.2, 0.25) is 0 Å². The van der Waals surface area contributed by atoms with Crippen molar-refractivity contribution in [1.29, 1.82) is 0 Å². The summed E-state index contributed by atoms with van der Waals surface area (Å²) >= 11 is 5.11. The fourth-order valence-corrected chi connectivity index (χ4v) is 2.22. The smallest absolute Gasteiger partial charge is 0.254 e. The molecule has 19 heavy (non-hydrogen) atoms. The Kier molecular flexibility index (Phi) is 4.92. The SMILES string of the molecule is COC(C)(C)C(=O)N1CCN(C(C)(C)C(N)=S)CC1. The number of carbonyl (C=O) groups is 1. The Balaban J connectivity index is 2.64. The van der Waals surface area contributed by atoms with Gasteiger partial charge in [-0.1, -0.05) is 12.2 Å². The molecule has 1 saturated heterocycles. The zero-order chi connectivity index (χ0) is 14.8. The van der Waals surface area contributed by atoms with Crippen LogP contribution in [0.4, 0.5) is 0 Å². The number of amides is 1. The van der Waals surface area contributed by atoms with Crippen LogP contribution < -0.4 is 5.73 Å². The second-order valence-electron chi connectivity index (χ2n) is 5.92. The maximum Gasteiger partial charge on any atom is 0.254 e. The summed E-state index contributed by atoms with van der Waals surface area (Å²) in [6, 6.07) is 0. The van der Waals surface area contributed by atoms with E-state index in [4.69, 9.17) is 22.7 Å². The molecule has 5 nitrogen and oxygen atoms in total. The summed E-state index contributed by atoms with van der Waals surface area (Å²) in [5.74, 6) is 0.0304. The van der Waals surface area contributed by atoms with Gasteiger partial charge in [-0.15, -0.1) is 0 Å². The number of hydrogen-bond donors (Lipinski definition) is 1. The standard InChI is InChI=1S/C13H25N3O2S/c1-12(2,10(14)19)16-8-6-15(7-9-16)11(17)13(3,4)18-5/h6-9H2,1-5H3,(H2,14,19). The van der Waals surface area contributed by atoms with Gasteiger partial charge in [0.25, 0.3) is 5.91 Å². The third kappa shape index (κ3) is 3.43. The molecule has 0 aromatic carbocycles. The largest absolute Gasteiger partial charge is 0.392 e. The van der Waals surface area contributed by atoms with Crippen LogP contribution in [0.1, 0.15) is 27.7 Å². The van der Waals surface area contributed by atoms with E-state index in [-0.39, 0.29) is 11.4 Å². The van der Waals surface area contributed by atoms with Crippen molar-refractivity contribution in [2.45, 2.75) is 38.8 Å². The lowest BCUT2D eigenvalue weighted by Crippen LogP contribution is -2.61. The molecule has 1 rings (SSSR count). The summed E-state index contributed by atoms with van der Waals surface area (Å²) < 4.78 is 5.24. The molecule has 0 saturated carbocycles. The summed E-state index contributed by atoms with van der Waals surface area (Å²) in [5, 5.41) is 0. The molecule has 1 aliphatic heterocycles. The quantitative estimate of drug-likeness (QED) is 0.768. The van der Waals surface area contributed by atoms with Crippen molar-refractivity contribution in [3.8, 4) is 0 Å². The summed E-state index contributed by atoms with van der Waals surface area (Å²) in [6.45, 7) is 10.5. The lowest BCUT2D eigenvalue weighted by atomic mass is 10.0. The molecule has 6 heteroatoms. The minimum atomic E-state index is -0.763. The molecular formula is C13H25N3O2S. The van der Waals surface area contributed by atoms with Crippen LogP contribution in [0.3, 0.4) is 0 Å². The minimum absolute atomic E-state index is 0.0304. The zero-order valence-electron chi connectivity index (χ0n) is 12.5. The molecule has 1 fully saturated rings. The fraction of sp³-hybridized carbons (Fsp3) is 0.846. The average Bonchev–Trinajstić information content (AvgIpc) is 2.37. The zero-order valence-corrected chi connectivity index (χ0v) is 13.3. The van der Waals surface area contributed by atoms with Crippen LogP contribution in [-0.4, -0.2) is 65.1 Å². The van der Waals surface area contributed by atoms with E-state index in [1.165, 1.54) is 0 Å². The number of hydrogen-bond acceptors (Lipinski definition) is 4. The van der Waals surface area contributed by atoms with Gasteiger partial charge in [-0.3, -0.25) is 9.69 Å². The van der Waals surface area contributed by atoms with Crippen molar-refractivity contribution in [1.82, 2.24) is 9.80 Å². The van der Waals surface area contributed by atoms with Crippen molar-refractivity contribution in [3.63, 3.8) is 0 Å². The van der Waals surface area contributed by atoms with Gasteiger partial charge in [0.15, 0.2) is 0 Å². The van der Waals surface area contributed by atoms with Crippen LogP contribution in [0, 0.1) is 0 Å². The van der Waals surface area contributed by atoms with Gasteiger partial charge in [0, 0.05) is 33.3 Å². The van der Waals surface area contributed by atoms with Crippen LogP contribution in [0.2, 0.25) is 0 Å². The first-order valence-corrected chi connectivity index (χ1v) is 6.93. The highest BCUT2D eigenvalue weighted by Gasteiger charge is 2.37. The Morgan fingerprint density at radius 1 is 1.16 bits per heavy atom. The maximum atomic E-state index is 12.3. The van der Waals surface area contributed by atoms with Crippen molar-refractivity contribution in [3.05, 3.63) is 0 Å². The molecule has 0 aromatic rings. The van der Waals surface area contributed by atoms with Crippen LogP contribution in [0.5, 0.6) is 0 Å². The Bertz CT molecular complexity index is 361. The van der Waals surface area contributed by atoms with E-state index in [1.807, 2.05) is 18.7 Å². The molecule has 0 bridgehead atoms. The van der Waals surface area contributed by atoms with E-state index in [2.05, 4.69) is 4.90 Å². The number of nitrogens with two attached hydrogens (primary N) is 1. The predicted octanol–water partition coefficient (Wildman–Crippen LogP) is 0.620. The Morgan fingerprint density at radius 2 is 1.63 bits per heavy atom. The Hall–Kier alpha value is -0.720.